The fraction of sp³-hybridized carbons (Fsp3) is 0.909. The first-order valence-electron chi connectivity index (χ1n) is 5.61. The number of rotatable bonds is 3. The zero-order chi connectivity index (χ0) is 11.5. The number of carbonyl (C=O) groups excluding carboxylic acids is 1. The molecular formula is C11H23N3O. The van der Waals surface area contributed by atoms with Crippen molar-refractivity contribution >= 4 is 5.91 Å². The summed E-state index contributed by atoms with van der Waals surface area (Å²) in [6.45, 7) is 8.67. The van der Waals surface area contributed by atoms with Crippen LogP contribution < -0.4 is 5.73 Å². The lowest BCUT2D eigenvalue weighted by Crippen LogP contribution is -2.40. The highest BCUT2D eigenvalue weighted by molar-refractivity contribution is 5.76. The Morgan fingerprint density at radius 3 is 2.60 bits per heavy atom. The van der Waals surface area contributed by atoms with Gasteiger partial charge in [0.2, 0.25) is 5.91 Å². The molecule has 0 aliphatic carbocycles. The van der Waals surface area contributed by atoms with E-state index >= 15 is 0 Å². The summed E-state index contributed by atoms with van der Waals surface area (Å²) in [6, 6.07) is 0. The largest absolute Gasteiger partial charge is 0.344 e. The van der Waals surface area contributed by atoms with Gasteiger partial charge in [-0.2, -0.15) is 0 Å². The van der Waals surface area contributed by atoms with Crippen LogP contribution in [0.2, 0.25) is 0 Å². The molecule has 0 aromatic heterocycles. The molecule has 0 saturated carbocycles. The molecule has 1 aliphatic heterocycles. The van der Waals surface area contributed by atoms with E-state index in [1.54, 1.807) is 0 Å². The molecule has 0 radical (unpaired) electrons. The van der Waals surface area contributed by atoms with Gasteiger partial charge in [-0.1, -0.05) is 13.8 Å². The lowest BCUT2D eigenvalue weighted by atomic mass is 9.93. The Morgan fingerprint density at radius 1 is 1.33 bits per heavy atom. The molecule has 1 rings (SSSR count). The highest BCUT2D eigenvalue weighted by Crippen LogP contribution is 2.16. The smallest absolute Gasteiger partial charge is 0.223 e. The molecule has 1 heterocycles. The molecule has 1 aliphatic rings. The third-order valence-corrected chi connectivity index (χ3v) is 3.02. The summed E-state index contributed by atoms with van der Waals surface area (Å²) in [5, 5.41) is 0. The average Bonchev–Trinajstić information content (AvgIpc) is 2.33. The molecule has 2 N–H and O–H groups in total. The second kappa shape index (κ2) is 4.94. The fourth-order valence-electron chi connectivity index (χ4n) is 1.80. The normalized spacial score (nSPS) is 20.5. The van der Waals surface area contributed by atoms with E-state index in [9.17, 15) is 4.79 Å². The summed E-state index contributed by atoms with van der Waals surface area (Å²) in [7, 11) is 1.87. The van der Waals surface area contributed by atoms with E-state index < -0.39 is 0 Å². The van der Waals surface area contributed by atoms with Crippen molar-refractivity contribution in [1.29, 1.82) is 0 Å². The molecule has 88 valence electrons. The van der Waals surface area contributed by atoms with Crippen LogP contribution in [0, 0.1) is 5.41 Å². The third kappa shape index (κ3) is 3.80. The van der Waals surface area contributed by atoms with Gasteiger partial charge in [0.1, 0.15) is 0 Å². The lowest BCUT2D eigenvalue weighted by molar-refractivity contribution is -0.129. The van der Waals surface area contributed by atoms with Crippen molar-refractivity contribution in [2.24, 2.45) is 11.1 Å². The van der Waals surface area contributed by atoms with Crippen LogP contribution >= 0.6 is 0 Å². The minimum Gasteiger partial charge on any atom is -0.344 e. The lowest BCUT2D eigenvalue weighted by Gasteiger charge is -2.30. The van der Waals surface area contributed by atoms with E-state index in [-0.39, 0.29) is 11.3 Å². The standard InChI is InChI=1S/C11H23N3O/c1-11(2,8-12)9-14-5-4-10(15)13(3)6-7-14/h4-9,12H2,1-3H3. The van der Waals surface area contributed by atoms with Crippen LogP contribution in [0.3, 0.4) is 0 Å². The number of nitrogens with two attached hydrogens (primary N) is 1. The van der Waals surface area contributed by atoms with Gasteiger partial charge in [0.15, 0.2) is 0 Å². The second-order valence-corrected chi connectivity index (χ2v) is 5.21. The van der Waals surface area contributed by atoms with E-state index in [1.807, 2.05) is 11.9 Å². The van der Waals surface area contributed by atoms with E-state index in [0.29, 0.717) is 13.0 Å². The van der Waals surface area contributed by atoms with E-state index in [2.05, 4.69) is 18.7 Å². The van der Waals surface area contributed by atoms with Gasteiger partial charge >= 0.3 is 0 Å². The van der Waals surface area contributed by atoms with Crippen LogP contribution in [0.15, 0.2) is 0 Å². The number of amides is 1. The predicted molar refractivity (Wildman–Crippen MR) is 61.5 cm³/mol. The monoisotopic (exact) mass is 213 g/mol. The Morgan fingerprint density at radius 2 is 2.00 bits per heavy atom. The van der Waals surface area contributed by atoms with Crippen LogP contribution in [-0.2, 0) is 4.79 Å². The number of carbonyl (C=O) groups is 1. The fourth-order valence-corrected chi connectivity index (χ4v) is 1.80. The first-order chi connectivity index (χ1) is 6.94. The first-order valence-corrected chi connectivity index (χ1v) is 5.61. The highest BCUT2D eigenvalue weighted by Gasteiger charge is 2.23. The number of hydrogen-bond donors (Lipinski definition) is 1. The molecule has 1 saturated heterocycles. The number of nitrogens with zero attached hydrogens (tertiary/aromatic N) is 2. The van der Waals surface area contributed by atoms with Gasteiger partial charge in [0.25, 0.3) is 0 Å². The minimum absolute atomic E-state index is 0.145. The zero-order valence-electron chi connectivity index (χ0n) is 10.1. The topological polar surface area (TPSA) is 49.6 Å². The third-order valence-electron chi connectivity index (χ3n) is 3.02. The van der Waals surface area contributed by atoms with Crippen LogP contribution in [0.25, 0.3) is 0 Å². The van der Waals surface area contributed by atoms with Gasteiger partial charge in [0, 0.05) is 39.6 Å². The van der Waals surface area contributed by atoms with Crippen molar-refractivity contribution in [3.05, 3.63) is 0 Å². The van der Waals surface area contributed by atoms with Crippen LogP contribution in [0.1, 0.15) is 20.3 Å². The summed E-state index contributed by atoms with van der Waals surface area (Å²) in [5.41, 5.74) is 5.86. The van der Waals surface area contributed by atoms with Crippen molar-refractivity contribution in [1.82, 2.24) is 9.80 Å². The maximum Gasteiger partial charge on any atom is 0.223 e. The summed E-state index contributed by atoms with van der Waals surface area (Å²) in [5.74, 6) is 0.253. The van der Waals surface area contributed by atoms with Crippen molar-refractivity contribution in [3.63, 3.8) is 0 Å². The van der Waals surface area contributed by atoms with Crippen LogP contribution in [-0.4, -0.2) is 55.5 Å². The highest BCUT2D eigenvalue weighted by atomic mass is 16.2. The van der Waals surface area contributed by atoms with Crippen LogP contribution in [0.4, 0.5) is 0 Å². The molecule has 0 aromatic rings. The molecule has 0 atom stereocenters. The van der Waals surface area contributed by atoms with Gasteiger partial charge in [0.05, 0.1) is 0 Å². The van der Waals surface area contributed by atoms with Gasteiger partial charge in [-0.05, 0) is 12.0 Å². The SMILES string of the molecule is CN1CCN(CC(C)(C)CN)CCC1=O. The minimum atomic E-state index is 0.145. The Labute approximate surface area is 92.4 Å². The molecule has 15 heavy (non-hydrogen) atoms. The molecule has 4 heteroatoms. The van der Waals surface area contributed by atoms with Crippen molar-refractivity contribution in [2.45, 2.75) is 20.3 Å². The molecule has 0 unspecified atom stereocenters. The van der Waals surface area contributed by atoms with Gasteiger partial charge < -0.3 is 15.5 Å². The summed E-state index contributed by atoms with van der Waals surface area (Å²) in [4.78, 5) is 15.6. The van der Waals surface area contributed by atoms with Gasteiger partial charge in [-0.3, -0.25) is 4.79 Å². The van der Waals surface area contributed by atoms with E-state index in [1.165, 1.54) is 0 Å². The Hall–Kier alpha value is -0.610. The molecule has 0 bridgehead atoms. The van der Waals surface area contributed by atoms with Crippen molar-refractivity contribution in [2.75, 3.05) is 39.8 Å². The zero-order valence-corrected chi connectivity index (χ0v) is 10.1. The molecular weight excluding hydrogens is 190 g/mol. The molecule has 4 nitrogen and oxygen atoms in total. The summed E-state index contributed by atoms with van der Waals surface area (Å²) in [6.07, 6.45) is 0.636. The van der Waals surface area contributed by atoms with E-state index in [0.717, 1.165) is 26.2 Å². The summed E-state index contributed by atoms with van der Waals surface area (Å²) < 4.78 is 0. The van der Waals surface area contributed by atoms with Crippen LogP contribution in [0.5, 0.6) is 0 Å². The maximum atomic E-state index is 11.5. The number of hydrogen-bond acceptors (Lipinski definition) is 3. The first kappa shape index (κ1) is 12.5. The Bertz CT molecular complexity index is 228. The second-order valence-electron chi connectivity index (χ2n) is 5.21. The maximum absolute atomic E-state index is 11.5. The molecule has 0 aromatic carbocycles. The summed E-state index contributed by atoms with van der Waals surface area (Å²) >= 11 is 0. The average molecular weight is 213 g/mol. The Balaban J connectivity index is 2.48. The number of likely N-dealkylation sites (N-methyl/N-ethyl adjacent to an activating group) is 1. The molecule has 1 amide bonds. The molecule has 1 fully saturated rings. The Kier molecular flexibility index (Phi) is 4.11. The quantitative estimate of drug-likeness (QED) is 0.725. The van der Waals surface area contributed by atoms with Gasteiger partial charge in [-0.15, -0.1) is 0 Å². The predicted octanol–water partition coefficient (Wildman–Crippen LogP) is 0.135. The van der Waals surface area contributed by atoms with E-state index in [4.69, 9.17) is 5.73 Å². The van der Waals surface area contributed by atoms with Crippen molar-refractivity contribution < 1.29 is 4.79 Å². The van der Waals surface area contributed by atoms with Gasteiger partial charge in [-0.25, -0.2) is 0 Å². The van der Waals surface area contributed by atoms with Crippen molar-refractivity contribution in [3.8, 4) is 0 Å². The molecule has 0 spiro atoms.